The molecule has 0 unspecified atom stereocenters. The Morgan fingerprint density at radius 1 is 1.47 bits per heavy atom. The Hall–Kier alpha value is -1.92. The first kappa shape index (κ1) is 11.6. The summed E-state index contributed by atoms with van der Waals surface area (Å²) in [7, 11) is 0. The third kappa shape index (κ3) is 2.61. The maximum absolute atomic E-state index is 11.8. The molecular formula is C11H13N3O3. The molecule has 17 heavy (non-hydrogen) atoms. The quantitative estimate of drug-likeness (QED) is 0.641. The van der Waals surface area contributed by atoms with E-state index in [1.54, 1.807) is 24.3 Å². The van der Waals surface area contributed by atoms with Crippen LogP contribution < -0.4 is 16.5 Å². The number of carbonyl (C=O) groups excluding carboxylic acids is 2. The molecule has 1 aliphatic heterocycles. The van der Waals surface area contributed by atoms with Gasteiger partial charge >= 0.3 is 0 Å². The van der Waals surface area contributed by atoms with Crippen molar-refractivity contribution < 1.29 is 14.4 Å². The van der Waals surface area contributed by atoms with E-state index in [4.69, 9.17) is 10.6 Å². The van der Waals surface area contributed by atoms with Crippen LogP contribution in [0.1, 0.15) is 11.6 Å². The molecular weight excluding hydrogens is 222 g/mol. The van der Waals surface area contributed by atoms with Gasteiger partial charge in [-0.15, -0.1) is 0 Å². The fourth-order valence-corrected chi connectivity index (χ4v) is 1.52. The number of amides is 2. The van der Waals surface area contributed by atoms with E-state index in [1.807, 2.05) is 6.07 Å². The molecule has 0 radical (unpaired) electrons. The predicted molar refractivity (Wildman–Crippen MR) is 59.4 cm³/mol. The standard InChI is InChI=1S/C11H13N3O3/c12-9(7-4-2-1-3-5-7)11(16)13-8-6-17-14-10(8)15/h1-5,8-9H,6,12H2,(H,13,16)(H,14,15)/t8-,9+/m1/s1. The molecule has 1 saturated heterocycles. The largest absolute Gasteiger partial charge is 0.340 e. The minimum Gasteiger partial charge on any atom is -0.340 e. The second-order valence-corrected chi connectivity index (χ2v) is 3.73. The van der Waals surface area contributed by atoms with Crippen molar-refractivity contribution in [2.75, 3.05) is 6.61 Å². The zero-order valence-electron chi connectivity index (χ0n) is 9.05. The molecule has 0 spiro atoms. The SMILES string of the molecule is N[C@H](C(=O)N[C@@H]1CONC1=O)c1ccccc1. The number of carbonyl (C=O) groups is 2. The maximum Gasteiger partial charge on any atom is 0.268 e. The minimum absolute atomic E-state index is 0.117. The molecule has 0 saturated carbocycles. The van der Waals surface area contributed by atoms with E-state index < -0.39 is 18.0 Å². The van der Waals surface area contributed by atoms with Gasteiger partial charge in [-0.3, -0.25) is 14.4 Å². The smallest absolute Gasteiger partial charge is 0.268 e. The van der Waals surface area contributed by atoms with Gasteiger partial charge in [-0.05, 0) is 5.56 Å². The molecule has 1 aliphatic rings. The van der Waals surface area contributed by atoms with Crippen molar-refractivity contribution in [3.63, 3.8) is 0 Å². The van der Waals surface area contributed by atoms with Crippen LogP contribution in [0, 0.1) is 0 Å². The number of nitrogens with one attached hydrogen (secondary N) is 2. The van der Waals surface area contributed by atoms with Gasteiger partial charge in [0.05, 0.1) is 0 Å². The molecule has 1 aromatic rings. The van der Waals surface area contributed by atoms with Gasteiger partial charge in [0.25, 0.3) is 5.91 Å². The normalized spacial score (nSPS) is 20.8. The van der Waals surface area contributed by atoms with Gasteiger partial charge in [-0.25, -0.2) is 5.48 Å². The van der Waals surface area contributed by atoms with Crippen molar-refractivity contribution in [2.24, 2.45) is 5.73 Å². The van der Waals surface area contributed by atoms with Crippen LogP contribution in [0.25, 0.3) is 0 Å². The fraction of sp³-hybridized carbons (Fsp3) is 0.273. The van der Waals surface area contributed by atoms with Crippen LogP contribution in [0.4, 0.5) is 0 Å². The summed E-state index contributed by atoms with van der Waals surface area (Å²) in [6, 6.07) is 7.50. The summed E-state index contributed by atoms with van der Waals surface area (Å²) in [5.74, 6) is -0.763. The molecule has 2 amide bonds. The summed E-state index contributed by atoms with van der Waals surface area (Å²) in [6.07, 6.45) is 0. The average Bonchev–Trinajstić information content (AvgIpc) is 2.75. The molecule has 0 aliphatic carbocycles. The molecule has 0 aromatic heterocycles. The molecule has 6 nitrogen and oxygen atoms in total. The third-order valence-corrected chi connectivity index (χ3v) is 2.50. The molecule has 2 rings (SSSR count). The lowest BCUT2D eigenvalue weighted by atomic mass is 10.1. The number of hydrogen-bond acceptors (Lipinski definition) is 4. The van der Waals surface area contributed by atoms with Crippen molar-refractivity contribution in [3.05, 3.63) is 35.9 Å². The third-order valence-electron chi connectivity index (χ3n) is 2.50. The Kier molecular flexibility index (Phi) is 3.36. The highest BCUT2D eigenvalue weighted by Crippen LogP contribution is 2.09. The lowest BCUT2D eigenvalue weighted by molar-refractivity contribution is -0.129. The maximum atomic E-state index is 11.8. The molecule has 4 N–H and O–H groups in total. The lowest BCUT2D eigenvalue weighted by Gasteiger charge is -2.14. The highest BCUT2D eigenvalue weighted by molar-refractivity contribution is 5.90. The second-order valence-electron chi connectivity index (χ2n) is 3.73. The average molecular weight is 235 g/mol. The van der Waals surface area contributed by atoms with Crippen molar-refractivity contribution in [3.8, 4) is 0 Å². The van der Waals surface area contributed by atoms with Gasteiger partial charge in [0.2, 0.25) is 5.91 Å². The molecule has 2 atom stereocenters. The Morgan fingerprint density at radius 3 is 2.76 bits per heavy atom. The first-order valence-electron chi connectivity index (χ1n) is 5.21. The Morgan fingerprint density at radius 2 is 2.18 bits per heavy atom. The second kappa shape index (κ2) is 4.94. The van der Waals surface area contributed by atoms with E-state index in [9.17, 15) is 9.59 Å². The van der Waals surface area contributed by atoms with Crippen LogP contribution in [0.15, 0.2) is 30.3 Å². The lowest BCUT2D eigenvalue weighted by Crippen LogP contribution is -2.45. The summed E-state index contributed by atoms with van der Waals surface area (Å²) in [6.45, 7) is 0.117. The predicted octanol–water partition coefficient (Wildman–Crippen LogP) is -0.767. The van der Waals surface area contributed by atoms with Crippen LogP contribution in [0.5, 0.6) is 0 Å². The molecule has 1 heterocycles. The van der Waals surface area contributed by atoms with Gasteiger partial charge in [0.1, 0.15) is 18.7 Å². The van der Waals surface area contributed by atoms with Crippen LogP contribution in [0.3, 0.4) is 0 Å². The molecule has 1 aromatic carbocycles. The van der Waals surface area contributed by atoms with Crippen LogP contribution in [-0.2, 0) is 14.4 Å². The van der Waals surface area contributed by atoms with Crippen molar-refractivity contribution in [2.45, 2.75) is 12.1 Å². The fourth-order valence-electron chi connectivity index (χ4n) is 1.52. The van der Waals surface area contributed by atoms with Gasteiger partial charge in [-0.1, -0.05) is 30.3 Å². The van der Waals surface area contributed by atoms with E-state index in [0.29, 0.717) is 5.56 Å². The van der Waals surface area contributed by atoms with Crippen LogP contribution in [-0.4, -0.2) is 24.5 Å². The summed E-state index contributed by atoms with van der Waals surface area (Å²) in [5, 5.41) is 2.53. The van der Waals surface area contributed by atoms with Crippen LogP contribution in [0.2, 0.25) is 0 Å². The zero-order valence-corrected chi connectivity index (χ0v) is 9.05. The highest BCUT2D eigenvalue weighted by atomic mass is 16.7. The first-order chi connectivity index (χ1) is 8.18. The monoisotopic (exact) mass is 235 g/mol. The highest BCUT2D eigenvalue weighted by Gasteiger charge is 2.29. The van der Waals surface area contributed by atoms with Gasteiger partial charge < -0.3 is 11.1 Å². The molecule has 0 bridgehead atoms. The van der Waals surface area contributed by atoms with Gasteiger partial charge in [-0.2, -0.15) is 0 Å². The molecule has 1 fully saturated rings. The van der Waals surface area contributed by atoms with Crippen molar-refractivity contribution in [1.82, 2.24) is 10.8 Å². The topological polar surface area (TPSA) is 93.5 Å². The summed E-state index contributed by atoms with van der Waals surface area (Å²) >= 11 is 0. The Bertz CT molecular complexity index is 421. The summed E-state index contributed by atoms with van der Waals surface area (Å²) in [4.78, 5) is 27.7. The number of rotatable bonds is 3. The zero-order chi connectivity index (χ0) is 12.3. The van der Waals surface area contributed by atoms with Crippen molar-refractivity contribution >= 4 is 11.8 Å². The van der Waals surface area contributed by atoms with E-state index in [1.165, 1.54) is 0 Å². The van der Waals surface area contributed by atoms with Crippen LogP contribution >= 0.6 is 0 Å². The number of hydrogen-bond donors (Lipinski definition) is 3. The number of hydroxylamine groups is 1. The first-order valence-corrected chi connectivity index (χ1v) is 5.21. The van der Waals surface area contributed by atoms with E-state index in [0.717, 1.165) is 0 Å². The summed E-state index contributed by atoms with van der Waals surface area (Å²) < 4.78 is 0. The minimum atomic E-state index is -0.787. The Balaban J connectivity index is 1.98. The molecule has 6 heteroatoms. The number of benzene rings is 1. The van der Waals surface area contributed by atoms with Crippen molar-refractivity contribution in [1.29, 1.82) is 0 Å². The number of nitrogens with two attached hydrogens (primary N) is 1. The van der Waals surface area contributed by atoms with Gasteiger partial charge in [0, 0.05) is 0 Å². The van der Waals surface area contributed by atoms with Gasteiger partial charge in [0.15, 0.2) is 0 Å². The Labute approximate surface area is 98.1 Å². The van der Waals surface area contributed by atoms with E-state index in [-0.39, 0.29) is 12.5 Å². The van der Waals surface area contributed by atoms with E-state index >= 15 is 0 Å². The van der Waals surface area contributed by atoms with E-state index in [2.05, 4.69) is 10.8 Å². The summed E-state index contributed by atoms with van der Waals surface area (Å²) in [5.41, 5.74) is 8.64. The molecule has 90 valence electrons.